The van der Waals surface area contributed by atoms with Crippen LogP contribution in [0.25, 0.3) is 0 Å². The minimum atomic E-state index is -1.53. The Morgan fingerprint density at radius 2 is 1.73 bits per heavy atom. The molecule has 0 heterocycles. The van der Waals surface area contributed by atoms with E-state index < -0.39 is 13.3 Å². The Hall–Kier alpha value is 0.137. The van der Waals surface area contributed by atoms with Gasteiger partial charge in [0.25, 0.3) is 0 Å². The Bertz CT molecular complexity index is 116. The van der Waals surface area contributed by atoms with Gasteiger partial charge in [0, 0.05) is 11.8 Å². The third kappa shape index (κ3) is 3.36. The molecule has 0 aromatic heterocycles. The van der Waals surface area contributed by atoms with Gasteiger partial charge in [-0.1, -0.05) is 19.1 Å². The molecule has 0 bridgehead atoms. The van der Waals surface area contributed by atoms with Gasteiger partial charge in [-0.15, -0.1) is 0 Å². The molecular formula is C8H20O2Si. The van der Waals surface area contributed by atoms with E-state index in [0.717, 1.165) is 12.5 Å². The fourth-order valence-electron chi connectivity index (χ4n) is 0.827. The van der Waals surface area contributed by atoms with E-state index in [2.05, 4.69) is 13.1 Å². The number of hydrogen-bond donors (Lipinski definition) is 2. The van der Waals surface area contributed by atoms with Crippen LogP contribution in [0, 0.1) is 0 Å². The smallest absolute Gasteiger partial charge is 0.0844 e. The van der Waals surface area contributed by atoms with Gasteiger partial charge in [-0.25, -0.2) is 0 Å². The van der Waals surface area contributed by atoms with Gasteiger partial charge in [0.05, 0.1) is 8.07 Å². The number of aliphatic hydroxyl groups is 2. The van der Waals surface area contributed by atoms with Gasteiger partial charge in [-0.2, -0.15) is 0 Å². The fraction of sp³-hybridized carbons (Fsp3) is 1.00. The van der Waals surface area contributed by atoms with E-state index in [4.69, 9.17) is 5.11 Å². The lowest BCUT2D eigenvalue weighted by molar-refractivity contribution is 0.155. The minimum absolute atomic E-state index is 0.243. The maximum atomic E-state index is 9.75. The molecule has 0 aliphatic heterocycles. The third-order valence-electron chi connectivity index (χ3n) is 2.62. The Kier molecular flexibility index (Phi) is 3.74. The van der Waals surface area contributed by atoms with Crippen molar-refractivity contribution in [3.05, 3.63) is 0 Å². The molecule has 0 saturated heterocycles. The number of hydrogen-bond acceptors (Lipinski definition) is 2. The molecule has 0 aliphatic carbocycles. The van der Waals surface area contributed by atoms with E-state index in [-0.39, 0.29) is 6.61 Å². The summed E-state index contributed by atoms with van der Waals surface area (Å²) in [6.07, 6.45) is 0.823. The predicted octanol–water partition coefficient (Wildman–Crippen LogP) is 1.39. The second-order valence-corrected chi connectivity index (χ2v) is 9.76. The zero-order valence-corrected chi connectivity index (χ0v) is 9.02. The minimum Gasteiger partial charge on any atom is -0.396 e. The first-order valence-corrected chi connectivity index (χ1v) is 7.35. The first-order valence-electron chi connectivity index (χ1n) is 4.14. The Morgan fingerprint density at radius 1 is 1.27 bits per heavy atom. The van der Waals surface area contributed by atoms with Crippen LogP contribution in [-0.4, -0.2) is 30.1 Å². The van der Waals surface area contributed by atoms with Crippen LogP contribution < -0.4 is 0 Å². The summed E-state index contributed by atoms with van der Waals surface area (Å²) in [5, 5.41) is 17.9. The lowest BCUT2D eigenvalue weighted by atomic mass is 10.5. The molecule has 3 heteroatoms. The first kappa shape index (κ1) is 11.1. The van der Waals surface area contributed by atoms with Gasteiger partial charge >= 0.3 is 0 Å². The average molecular weight is 176 g/mol. The van der Waals surface area contributed by atoms with E-state index >= 15 is 0 Å². The topological polar surface area (TPSA) is 40.5 Å². The molecule has 11 heavy (non-hydrogen) atoms. The summed E-state index contributed by atoms with van der Waals surface area (Å²) in [6, 6.07) is 0.993. The summed E-state index contributed by atoms with van der Waals surface area (Å²) in [7, 11) is -1.53. The molecule has 0 aromatic carbocycles. The molecule has 0 aromatic rings. The van der Waals surface area contributed by atoms with Crippen molar-refractivity contribution >= 4 is 8.07 Å². The van der Waals surface area contributed by atoms with Crippen molar-refractivity contribution in [3.63, 3.8) is 0 Å². The molecule has 0 saturated carbocycles. The zero-order chi connectivity index (χ0) is 9.12. The van der Waals surface area contributed by atoms with E-state index in [9.17, 15) is 5.11 Å². The molecule has 0 aliphatic rings. The maximum Gasteiger partial charge on any atom is 0.0844 e. The van der Waals surface area contributed by atoms with E-state index in [1.165, 1.54) is 0 Å². The molecule has 0 amide bonds. The molecule has 0 fully saturated rings. The average Bonchev–Trinajstić information content (AvgIpc) is 1.81. The van der Waals surface area contributed by atoms with Crippen LogP contribution in [0.2, 0.25) is 19.1 Å². The number of aliphatic hydroxyl groups excluding tert-OH is 1. The lowest BCUT2D eigenvalue weighted by Gasteiger charge is -2.35. The molecule has 0 radical (unpaired) electrons. The normalized spacial score (nSPS) is 13.6. The highest BCUT2D eigenvalue weighted by Gasteiger charge is 2.36. The van der Waals surface area contributed by atoms with Crippen molar-refractivity contribution < 1.29 is 10.2 Å². The summed E-state index contributed by atoms with van der Waals surface area (Å²) in [6.45, 7) is 8.30. The van der Waals surface area contributed by atoms with Crippen molar-refractivity contribution in [1.29, 1.82) is 0 Å². The van der Waals surface area contributed by atoms with Crippen LogP contribution in [0.3, 0.4) is 0 Å². The standard InChI is InChI=1S/C8H20O2Si/c1-8(2,10)11(3,4)7-5-6-9/h9-10H,5-7H2,1-4H3. The summed E-state index contributed by atoms with van der Waals surface area (Å²) in [5.41, 5.74) is 0. The second-order valence-electron chi connectivity index (χ2n) is 4.27. The molecule has 0 rings (SSSR count). The van der Waals surface area contributed by atoms with Gasteiger partial charge in [0.2, 0.25) is 0 Å². The maximum absolute atomic E-state index is 9.75. The quantitative estimate of drug-likeness (QED) is 0.635. The third-order valence-corrected chi connectivity index (χ3v) is 7.53. The zero-order valence-electron chi connectivity index (χ0n) is 8.02. The first-order chi connectivity index (χ1) is 4.81. The molecule has 0 atom stereocenters. The van der Waals surface area contributed by atoms with Gasteiger partial charge in [0.15, 0.2) is 0 Å². The molecule has 68 valence electrons. The Balaban J connectivity index is 4.00. The second kappa shape index (κ2) is 3.69. The van der Waals surface area contributed by atoms with E-state index in [0.29, 0.717) is 0 Å². The van der Waals surface area contributed by atoms with Crippen molar-refractivity contribution in [2.75, 3.05) is 6.61 Å². The fourth-order valence-corrected chi connectivity index (χ4v) is 2.48. The lowest BCUT2D eigenvalue weighted by Crippen LogP contribution is -2.49. The predicted molar refractivity (Wildman–Crippen MR) is 50.3 cm³/mol. The SMILES string of the molecule is CC(C)(O)[Si](C)(C)CCCO. The molecule has 0 spiro atoms. The van der Waals surface area contributed by atoms with Crippen LogP contribution >= 0.6 is 0 Å². The largest absolute Gasteiger partial charge is 0.396 e. The highest BCUT2D eigenvalue weighted by atomic mass is 28.3. The van der Waals surface area contributed by atoms with Crippen LogP contribution in [0.15, 0.2) is 0 Å². The van der Waals surface area contributed by atoms with Crippen molar-refractivity contribution in [2.45, 2.75) is 44.6 Å². The van der Waals surface area contributed by atoms with Crippen molar-refractivity contribution in [2.24, 2.45) is 0 Å². The van der Waals surface area contributed by atoms with Crippen LogP contribution in [0.1, 0.15) is 20.3 Å². The molecular weight excluding hydrogens is 156 g/mol. The van der Waals surface area contributed by atoms with Crippen LogP contribution in [0.4, 0.5) is 0 Å². The Morgan fingerprint density at radius 3 is 2.00 bits per heavy atom. The van der Waals surface area contributed by atoms with Gasteiger partial charge in [-0.05, 0) is 20.3 Å². The van der Waals surface area contributed by atoms with Crippen molar-refractivity contribution in [1.82, 2.24) is 0 Å². The molecule has 2 N–H and O–H groups in total. The summed E-state index contributed by atoms with van der Waals surface area (Å²) >= 11 is 0. The van der Waals surface area contributed by atoms with Gasteiger partial charge in [0.1, 0.15) is 0 Å². The van der Waals surface area contributed by atoms with Crippen LogP contribution in [0.5, 0.6) is 0 Å². The van der Waals surface area contributed by atoms with Crippen molar-refractivity contribution in [3.8, 4) is 0 Å². The highest BCUT2D eigenvalue weighted by molar-refractivity contribution is 6.79. The molecule has 2 nitrogen and oxygen atoms in total. The summed E-state index contributed by atoms with van der Waals surface area (Å²) in [4.78, 5) is 0. The monoisotopic (exact) mass is 176 g/mol. The van der Waals surface area contributed by atoms with Crippen LogP contribution in [-0.2, 0) is 0 Å². The highest BCUT2D eigenvalue weighted by Crippen LogP contribution is 2.24. The van der Waals surface area contributed by atoms with E-state index in [1.807, 2.05) is 13.8 Å². The Labute approximate surface area is 70.3 Å². The van der Waals surface area contributed by atoms with E-state index in [1.54, 1.807) is 0 Å². The summed E-state index contributed by atoms with van der Waals surface area (Å²) in [5.74, 6) is 0. The van der Waals surface area contributed by atoms with Gasteiger partial charge < -0.3 is 10.2 Å². The summed E-state index contributed by atoms with van der Waals surface area (Å²) < 4.78 is 0. The number of rotatable bonds is 4. The molecule has 0 unspecified atom stereocenters. The van der Waals surface area contributed by atoms with Gasteiger partial charge in [-0.3, -0.25) is 0 Å².